The number of benzene rings is 2. The van der Waals surface area contributed by atoms with E-state index in [1.165, 1.54) is 36.5 Å². The highest BCUT2D eigenvalue weighted by atomic mass is 31.2. The molecule has 2 aromatic rings. The number of aryl methyl sites for hydroxylation is 1. The Bertz CT molecular complexity index is 611. The first-order valence-corrected chi connectivity index (χ1v) is 8.45. The smallest absolute Gasteiger partial charge is 0.338 e. The normalized spacial score (nSPS) is 13.6. The molecule has 1 atom stereocenters. The van der Waals surface area contributed by atoms with Gasteiger partial charge < -0.3 is 9.61 Å². The predicted molar refractivity (Wildman–Crippen MR) is 80.0 cm³/mol. The van der Waals surface area contributed by atoms with Gasteiger partial charge in [0.25, 0.3) is 0 Å². The molecular weight excluding hydrogens is 276 g/mol. The largest absolute Gasteiger partial charge is 0.429 e. The molecule has 0 aromatic heterocycles. The lowest BCUT2D eigenvalue weighted by Gasteiger charge is -2.17. The first-order chi connectivity index (χ1) is 9.48. The molecule has 1 N–H and O–H groups in total. The summed E-state index contributed by atoms with van der Waals surface area (Å²) >= 11 is 0. The lowest BCUT2D eigenvalue weighted by atomic mass is 10.2. The molecule has 0 fully saturated rings. The van der Waals surface area contributed by atoms with Crippen molar-refractivity contribution in [3.8, 4) is 5.75 Å². The van der Waals surface area contributed by atoms with Crippen molar-refractivity contribution in [1.29, 1.82) is 0 Å². The van der Waals surface area contributed by atoms with Crippen LogP contribution in [0.5, 0.6) is 5.75 Å². The van der Waals surface area contributed by atoms with E-state index in [0.717, 1.165) is 6.42 Å². The van der Waals surface area contributed by atoms with Crippen LogP contribution in [-0.4, -0.2) is 6.66 Å². The third-order valence-electron chi connectivity index (χ3n) is 2.79. The zero-order valence-electron chi connectivity index (χ0n) is 11.5. The maximum absolute atomic E-state index is 12.8. The van der Waals surface area contributed by atoms with Crippen LogP contribution in [-0.2, 0) is 11.0 Å². The van der Waals surface area contributed by atoms with Gasteiger partial charge in [-0.3, -0.25) is 4.57 Å². The molecule has 0 amide bonds. The lowest BCUT2D eigenvalue weighted by Crippen LogP contribution is -2.02. The van der Waals surface area contributed by atoms with E-state index < -0.39 is 7.52 Å². The standard InChI is InChI=1S/C15H17FNO2P/c1-3-12-4-10-15(11-5-12)19-20(2,18)17-14-8-6-13(16)7-9-14/h4-11H,3H2,1-2H3,(H,17,18). The number of anilines is 1. The predicted octanol–water partition coefficient (Wildman–Crippen LogP) is 4.70. The first-order valence-electron chi connectivity index (χ1n) is 6.38. The topological polar surface area (TPSA) is 38.3 Å². The zero-order chi connectivity index (χ0) is 14.6. The van der Waals surface area contributed by atoms with Crippen molar-refractivity contribution in [1.82, 2.24) is 0 Å². The molecule has 2 rings (SSSR count). The molecule has 106 valence electrons. The minimum Gasteiger partial charge on any atom is -0.429 e. The van der Waals surface area contributed by atoms with Crippen molar-refractivity contribution in [2.75, 3.05) is 11.8 Å². The summed E-state index contributed by atoms with van der Waals surface area (Å²) in [6.07, 6.45) is 0.942. The van der Waals surface area contributed by atoms with Gasteiger partial charge in [0.15, 0.2) is 0 Å². The second-order valence-electron chi connectivity index (χ2n) is 4.55. The number of nitrogens with one attached hydrogen (secondary N) is 1. The molecule has 0 spiro atoms. The molecule has 20 heavy (non-hydrogen) atoms. The summed E-state index contributed by atoms with van der Waals surface area (Å²) in [5, 5.41) is 2.79. The van der Waals surface area contributed by atoms with Crippen LogP contribution in [0.4, 0.5) is 10.1 Å². The Morgan fingerprint density at radius 1 is 1.10 bits per heavy atom. The zero-order valence-corrected chi connectivity index (χ0v) is 12.4. The van der Waals surface area contributed by atoms with Gasteiger partial charge in [0.05, 0.1) is 0 Å². The summed E-state index contributed by atoms with van der Waals surface area (Å²) in [5.74, 6) is 0.209. The Morgan fingerprint density at radius 2 is 1.70 bits per heavy atom. The molecule has 0 aliphatic carbocycles. The lowest BCUT2D eigenvalue weighted by molar-refractivity contribution is 0.493. The number of hydrogen-bond acceptors (Lipinski definition) is 2. The highest BCUT2D eigenvalue weighted by Crippen LogP contribution is 2.43. The van der Waals surface area contributed by atoms with Gasteiger partial charge in [-0.25, -0.2) is 4.39 Å². The summed E-state index contributed by atoms with van der Waals surface area (Å²) < 4.78 is 30.7. The Morgan fingerprint density at radius 3 is 2.25 bits per heavy atom. The Balaban J connectivity index is 2.06. The van der Waals surface area contributed by atoms with Gasteiger partial charge in [0.2, 0.25) is 0 Å². The molecular formula is C15H17FNO2P. The van der Waals surface area contributed by atoms with Crippen molar-refractivity contribution in [3.05, 3.63) is 59.9 Å². The van der Waals surface area contributed by atoms with Gasteiger partial charge in [-0.1, -0.05) is 19.1 Å². The first kappa shape index (κ1) is 14.6. The van der Waals surface area contributed by atoms with Crippen LogP contribution in [0.3, 0.4) is 0 Å². The molecule has 0 saturated heterocycles. The van der Waals surface area contributed by atoms with Gasteiger partial charge in [0, 0.05) is 12.4 Å². The molecule has 0 heterocycles. The summed E-state index contributed by atoms with van der Waals surface area (Å²) in [4.78, 5) is 0. The Labute approximate surface area is 118 Å². The summed E-state index contributed by atoms with van der Waals surface area (Å²) in [7, 11) is -3.05. The van der Waals surface area contributed by atoms with Crippen molar-refractivity contribution in [2.24, 2.45) is 0 Å². The molecule has 2 aromatic carbocycles. The minimum absolute atomic E-state index is 0.336. The molecule has 0 bridgehead atoms. The van der Waals surface area contributed by atoms with E-state index in [4.69, 9.17) is 4.52 Å². The molecule has 0 aliphatic heterocycles. The average molecular weight is 293 g/mol. The Hall–Kier alpha value is -1.80. The molecule has 0 saturated carbocycles. The SMILES string of the molecule is CCc1ccc(OP(C)(=O)Nc2ccc(F)cc2)cc1. The van der Waals surface area contributed by atoms with E-state index >= 15 is 0 Å². The number of halogens is 1. The van der Waals surface area contributed by atoms with Crippen LogP contribution < -0.4 is 9.61 Å². The van der Waals surface area contributed by atoms with Crippen molar-refractivity contribution < 1.29 is 13.5 Å². The van der Waals surface area contributed by atoms with Crippen LogP contribution in [0.15, 0.2) is 48.5 Å². The fourth-order valence-corrected chi connectivity index (χ4v) is 2.96. The van der Waals surface area contributed by atoms with Gasteiger partial charge >= 0.3 is 7.52 Å². The second kappa shape index (κ2) is 6.10. The number of hydrogen-bond donors (Lipinski definition) is 1. The van der Waals surface area contributed by atoms with E-state index in [2.05, 4.69) is 12.0 Å². The number of rotatable bonds is 5. The van der Waals surface area contributed by atoms with Crippen molar-refractivity contribution in [2.45, 2.75) is 13.3 Å². The Kier molecular flexibility index (Phi) is 4.46. The summed E-state index contributed by atoms with van der Waals surface area (Å²) in [5.41, 5.74) is 1.75. The van der Waals surface area contributed by atoms with Gasteiger partial charge in [-0.05, 0) is 48.4 Å². The quantitative estimate of drug-likeness (QED) is 0.812. The summed E-state index contributed by atoms with van der Waals surface area (Å²) in [6.45, 7) is 3.56. The maximum Gasteiger partial charge on any atom is 0.338 e. The van der Waals surface area contributed by atoms with Gasteiger partial charge in [-0.15, -0.1) is 0 Å². The van der Waals surface area contributed by atoms with Gasteiger partial charge in [0.1, 0.15) is 11.6 Å². The molecule has 1 unspecified atom stereocenters. The molecule has 0 aliphatic rings. The molecule has 5 heteroatoms. The van der Waals surface area contributed by atoms with Gasteiger partial charge in [-0.2, -0.15) is 0 Å². The second-order valence-corrected chi connectivity index (χ2v) is 6.65. The van der Waals surface area contributed by atoms with E-state index in [9.17, 15) is 8.96 Å². The van der Waals surface area contributed by atoms with E-state index in [-0.39, 0.29) is 5.82 Å². The monoisotopic (exact) mass is 293 g/mol. The fraction of sp³-hybridized carbons (Fsp3) is 0.200. The average Bonchev–Trinajstić information content (AvgIpc) is 2.41. The third-order valence-corrected chi connectivity index (χ3v) is 4.01. The van der Waals surface area contributed by atoms with Crippen molar-refractivity contribution in [3.63, 3.8) is 0 Å². The summed E-state index contributed by atoms with van der Waals surface area (Å²) in [6, 6.07) is 13.1. The van der Waals surface area contributed by atoms with Crippen LogP contribution in [0, 0.1) is 5.82 Å². The van der Waals surface area contributed by atoms with Crippen LogP contribution in [0.2, 0.25) is 0 Å². The van der Waals surface area contributed by atoms with Crippen LogP contribution in [0.25, 0.3) is 0 Å². The minimum atomic E-state index is -3.05. The maximum atomic E-state index is 12.8. The molecule has 0 radical (unpaired) electrons. The highest BCUT2D eigenvalue weighted by Gasteiger charge is 2.17. The van der Waals surface area contributed by atoms with Crippen LogP contribution in [0.1, 0.15) is 12.5 Å². The third kappa shape index (κ3) is 4.10. The van der Waals surface area contributed by atoms with Crippen LogP contribution >= 0.6 is 7.52 Å². The van der Waals surface area contributed by atoms with E-state index in [1.807, 2.05) is 12.1 Å². The molecule has 3 nitrogen and oxygen atoms in total. The fourth-order valence-electron chi connectivity index (χ4n) is 1.77. The van der Waals surface area contributed by atoms with E-state index in [0.29, 0.717) is 11.4 Å². The van der Waals surface area contributed by atoms with Crippen molar-refractivity contribution >= 4 is 13.2 Å². The van der Waals surface area contributed by atoms with E-state index in [1.54, 1.807) is 12.1 Å². The highest BCUT2D eigenvalue weighted by molar-refractivity contribution is 7.60.